The molecule has 4 aromatic heterocycles. The third-order valence-electron chi connectivity index (χ3n) is 10.7. The molecule has 0 aliphatic carbocycles. The van der Waals surface area contributed by atoms with Crippen LogP contribution in [0.3, 0.4) is 0 Å². The van der Waals surface area contributed by atoms with Gasteiger partial charge in [-0.3, -0.25) is 4.57 Å². The van der Waals surface area contributed by atoms with Crippen LogP contribution in [0.1, 0.15) is 0 Å². The number of nitrogens with zero attached hydrogens (tertiary/aromatic N) is 4. The number of para-hydroxylation sites is 3. The Morgan fingerprint density at radius 2 is 0.855 bits per heavy atom. The second kappa shape index (κ2) is 12.6. The van der Waals surface area contributed by atoms with E-state index in [1.807, 2.05) is 48.9 Å². The minimum atomic E-state index is 0.686. The predicted molar refractivity (Wildman–Crippen MR) is 225 cm³/mol. The predicted octanol–water partition coefficient (Wildman–Crippen LogP) is 12.9. The van der Waals surface area contributed by atoms with Crippen LogP contribution >= 0.6 is 0 Å². The van der Waals surface area contributed by atoms with Gasteiger partial charge in [-0.25, -0.2) is 9.97 Å². The van der Waals surface area contributed by atoms with Crippen LogP contribution in [0, 0.1) is 0 Å². The SMILES string of the molecule is c1ccc(-c2cc(-n3c4ccccc4c4cc(-c5cocc5-c5ccc6c(c5)c5ccccc5n6-c5ccccc5)ccc43)nc(-c3ccccc3)n2)cc1. The molecule has 0 radical (unpaired) electrons. The number of benzene rings is 7. The topological polar surface area (TPSA) is 48.8 Å². The van der Waals surface area contributed by atoms with E-state index < -0.39 is 0 Å². The molecule has 0 aliphatic heterocycles. The van der Waals surface area contributed by atoms with Crippen LogP contribution in [0.25, 0.3) is 100 Å². The molecule has 0 spiro atoms. The Bertz CT molecular complexity index is 3140. The minimum Gasteiger partial charge on any atom is -0.471 e. The van der Waals surface area contributed by atoms with Crippen molar-refractivity contribution in [2.45, 2.75) is 0 Å². The van der Waals surface area contributed by atoms with Crippen LogP contribution in [-0.2, 0) is 0 Å². The van der Waals surface area contributed by atoms with E-state index in [1.165, 1.54) is 21.8 Å². The van der Waals surface area contributed by atoms with E-state index in [0.29, 0.717) is 5.82 Å². The smallest absolute Gasteiger partial charge is 0.162 e. The van der Waals surface area contributed by atoms with Gasteiger partial charge in [0.25, 0.3) is 0 Å². The standard InChI is InChI=1S/C50H32N4O/c1-4-14-33(15-5-1)44-30-49(52-50(51-44)34-16-6-2-7-17-34)54-46-23-13-11-21-39(46)41-29-36(25-27-48(41)54)43-32-55-31-42(43)35-24-26-47-40(28-35)38-20-10-12-22-45(38)53(47)37-18-8-3-9-19-37/h1-32H. The Morgan fingerprint density at radius 3 is 1.47 bits per heavy atom. The van der Waals surface area contributed by atoms with Crippen molar-refractivity contribution in [3.05, 3.63) is 195 Å². The maximum absolute atomic E-state index is 5.99. The van der Waals surface area contributed by atoms with Crippen molar-refractivity contribution in [3.63, 3.8) is 0 Å². The number of rotatable bonds is 6. The van der Waals surface area contributed by atoms with Crippen molar-refractivity contribution in [2.75, 3.05) is 0 Å². The van der Waals surface area contributed by atoms with Crippen LogP contribution in [0.5, 0.6) is 0 Å². The molecule has 11 aromatic rings. The molecular formula is C50H32N4O. The number of furan rings is 1. The molecule has 0 amide bonds. The van der Waals surface area contributed by atoms with E-state index in [2.05, 4.69) is 155 Å². The highest BCUT2D eigenvalue weighted by atomic mass is 16.3. The maximum Gasteiger partial charge on any atom is 0.162 e. The van der Waals surface area contributed by atoms with Crippen LogP contribution in [-0.4, -0.2) is 19.1 Å². The van der Waals surface area contributed by atoms with Crippen LogP contribution in [0.2, 0.25) is 0 Å². The van der Waals surface area contributed by atoms with Gasteiger partial charge in [0, 0.05) is 55.6 Å². The van der Waals surface area contributed by atoms with Crippen LogP contribution < -0.4 is 0 Å². The summed E-state index contributed by atoms with van der Waals surface area (Å²) in [6, 6.07) is 63.8. The average Bonchev–Trinajstić information content (AvgIpc) is 3.97. The molecule has 0 saturated carbocycles. The lowest BCUT2D eigenvalue weighted by molar-refractivity contribution is 0.569. The van der Waals surface area contributed by atoms with Gasteiger partial charge in [-0.05, 0) is 59.7 Å². The monoisotopic (exact) mass is 704 g/mol. The summed E-state index contributed by atoms with van der Waals surface area (Å²) >= 11 is 0. The Kier molecular flexibility index (Phi) is 7.10. The van der Waals surface area contributed by atoms with E-state index in [4.69, 9.17) is 14.4 Å². The normalized spacial score (nSPS) is 11.6. The Labute approximate surface area is 317 Å². The summed E-state index contributed by atoms with van der Waals surface area (Å²) in [6.45, 7) is 0. The molecule has 11 rings (SSSR count). The zero-order chi connectivity index (χ0) is 36.3. The summed E-state index contributed by atoms with van der Waals surface area (Å²) in [7, 11) is 0. The molecule has 5 nitrogen and oxygen atoms in total. The number of fused-ring (bicyclic) bond motifs is 6. The van der Waals surface area contributed by atoms with Gasteiger partial charge in [0.1, 0.15) is 5.82 Å². The molecule has 4 heterocycles. The van der Waals surface area contributed by atoms with Gasteiger partial charge in [-0.2, -0.15) is 0 Å². The van der Waals surface area contributed by atoms with E-state index in [-0.39, 0.29) is 0 Å². The summed E-state index contributed by atoms with van der Waals surface area (Å²) in [5.41, 5.74) is 12.8. The maximum atomic E-state index is 5.99. The fourth-order valence-corrected chi connectivity index (χ4v) is 8.15. The average molecular weight is 705 g/mol. The van der Waals surface area contributed by atoms with Crippen LogP contribution in [0.15, 0.2) is 199 Å². The Morgan fingerprint density at radius 1 is 0.364 bits per heavy atom. The lowest BCUT2D eigenvalue weighted by atomic mass is 9.96. The molecule has 258 valence electrons. The molecule has 0 atom stereocenters. The Balaban J connectivity index is 1.07. The first-order chi connectivity index (χ1) is 27.3. The van der Waals surface area contributed by atoms with Crippen molar-refractivity contribution >= 4 is 43.6 Å². The summed E-state index contributed by atoms with van der Waals surface area (Å²) in [5.74, 6) is 1.50. The van der Waals surface area contributed by atoms with Gasteiger partial charge < -0.3 is 8.98 Å². The van der Waals surface area contributed by atoms with Crippen molar-refractivity contribution < 1.29 is 4.42 Å². The third kappa shape index (κ3) is 5.09. The van der Waals surface area contributed by atoms with Crippen LogP contribution in [0.4, 0.5) is 0 Å². The number of hydrogen-bond donors (Lipinski definition) is 0. The molecule has 0 fully saturated rings. The highest BCUT2D eigenvalue weighted by Crippen LogP contribution is 2.41. The second-order valence-corrected chi connectivity index (χ2v) is 13.9. The zero-order valence-corrected chi connectivity index (χ0v) is 29.7. The molecule has 5 heteroatoms. The molecule has 0 unspecified atom stereocenters. The molecule has 0 aliphatic rings. The zero-order valence-electron chi connectivity index (χ0n) is 29.7. The fourth-order valence-electron chi connectivity index (χ4n) is 8.15. The van der Waals surface area contributed by atoms with Gasteiger partial charge >= 0.3 is 0 Å². The second-order valence-electron chi connectivity index (χ2n) is 13.9. The molecule has 0 saturated heterocycles. The first kappa shape index (κ1) is 31.1. The van der Waals surface area contributed by atoms with Gasteiger partial charge in [0.15, 0.2) is 5.82 Å². The molecule has 0 N–H and O–H groups in total. The molecule has 0 bridgehead atoms. The first-order valence-electron chi connectivity index (χ1n) is 18.5. The number of hydrogen-bond acceptors (Lipinski definition) is 3. The van der Waals surface area contributed by atoms with Crippen molar-refractivity contribution in [1.82, 2.24) is 19.1 Å². The Hall–Kier alpha value is -7.50. The minimum absolute atomic E-state index is 0.686. The lowest BCUT2D eigenvalue weighted by Crippen LogP contribution is -2.02. The molecule has 55 heavy (non-hydrogen) atoms. The van der Waals surface area contributed by atoms with E-state index in [9.17, 15) is 0 Å². The van der Waals surface area contributed by atoms with Gasteiger partial charge in [0.2, 0.25) is 0 Å². The van der Waals surface area contributed by atoms with E-state index >= 15 is 0 Å². The highest BCUT2D eigenvalue weighted by molar-refractivity contribution is 6.12. The summed E-state index contributed by atoms with van der Waals surface area (Å²) < 4.78 is 10.6. The lowest BCUT2D eigenvalue weighted by Gasteiger charge is -2.12. The van der Waals surface area contributed by atoms with Gasteiger partial charge in [-0.15, -0.1) is 0 Å². The van der Waals surface area contributed by atoms with Gasteiger partial charge in [0.05, 0.1) is 40.3 Å². The highest BCUT2D eigenvalue weighted by Gasteiger charge is 2.20. The fraction of sp³-hybridized carbons (Fsp3) is 0. The first-order valence-corrected chi connectivity index (χ1v) is 18.5. The third-order valence-corrected chi connectivity index (χ3v) is 10.7. The molecule has 7 aromatic carbocycles. The van der Waals surface area contributed by atoms with Crippen molar-refractivity contribution in [1.29, 1.82) is 0 Å². The summed E-state index contributed by atoms with van der Waals surface area (Å²) in [5, 5.41) is 4.72. The quantitative estimate of drug-likeness (QED) is 0.173. The number of aromatic nitrogens is 4. The van der Waals surface area contributed by atoms with E-state index in [1.54, 1.807) is 0 Å². The summed E-state index contributed by atoms with van der Waals surface area (Å²) in [4.78, 5) is 10.2. The summed E-state index contributed by atoms with van der Waals surface area (Å²) in [6.07, 6.45) is 3.74. The van der Waals surface area contributed by atoms with E-state index in [0.717, 1.165) is 72.4 Å². The van der Waals surface area contributed by atoms with Crippen molar-refractivity contribution in [2.24, 2.45) is 0 Å². The largest absolute Gasteiger partial charge is 0.471 e. The molecular weight excluding hydrogens is 673 g/mol. The van der Waals surface area contributed by atoms with Gasteiger partial charge in [-0.1, -0.05) is 127 Å². The van der Waals surface area contributed by atoms with Crippen molar-refractivity contribution in [3.8, 4) is 56.4 Å².